The standard InChI is InChI=1S/C11H21NO4/c1-15-10(16-2)5-7-12-6-3-4-9(8-12)11(13)14/h9-10H,3-8H2,1-2H3,(H,13,14). The second-order valence-electron chi connectivity index (χ2n) is 4.17. The topological polar surface area (TPSA) is 59.0 Å². The predicted molar refractivity (Wildman–Crippen MR) is 59.2 cm³/mol. The Morgan fingerprint density at radius 1 is 1.50 bits per heavy atom. The van der Waals surface area contributed by atoms with Crippen LogP contribution in [-0.2, 0) is 14.3 Å². The van der Waals surface area contributed by atoms with Gasteiger partial charge >= 0.3 is 5.97 Å². The molecule has 0 amide bonds. The highest BCUT2D eigenvalue weighted by molar-refractivity contribution is 5.70. The lowest BCUT2D eigenvalue weighted by Crippen LogP contribution is -2.40. The minimum absolute atomic E-state index is 0.190. The average molecular weight is 231 g/mol. The van der Waals surface area contributed by atoms with Crippen LogP contribution in [0, 0.1) is 5.92 Å². The Balaban J connectivity index is 2.29. The molecule has 0 aromatic carbocycles. The molecule has 1 aliphatic heterocycles. The summed E-state index contributed by atoms with van der Waals surface area (Å²) in [7, 11) is 3.23. The molecule has 1 fully saturated rings. The number of rotatable bonds is 6. The fourth-order valence-corrected chi connectivity index (χ4v) is 2.08. The fraction of sp³-hybridized carbons (Fsp3) is 0.909. The van der Waals surface area contributed by atoms with Crippen LogP contribution in [0.3, 0.4) is 0 Å². The molecule has 0 bridgehead atoms. The highest BCUT2D eigenvalue weighted by Crippen LogP contribution is 2.17. The summed E-state index contributed by atoms with van der Waals surface area (Å²) in [5, 5.41) is 8.95. The molecule has 1 saturated heterocycles. The van der Waals surface area contributed by atoms with Gasteiger partial charge in [-0.25, -0.2) is 0 Å². The van der Waals surface area contributed by atoms with Crippen LogP contribution in [0.15, 0.2) is 0 Å². The van der Waals surface area contributed by atoms with Gasteiger partial charge in [-0.3, -0.25) is 4.79 Å². The second kappa shape index (κ2) is 6.83. The van der Waals surface area contributed by atoms with E-state index in [-0.39, 0.29) is 12.2 Å². The summed E-state index contributed by atoms with van der Waals surface area (Å²) in [6, 6.07) is 0. The lowest BCUT2D eigenvalue weighted by molar-refractivity contribution is -0.144. The molecule has 1 heterocycles. The van der Waals surface area contributed by atoms with E-state index in [1.54, 1.807) is 14.2 Å². The van der Waals surface area contributed by atoms with Gasteiger partial charge in [0.05, 0.1) is 5.92 Å². The van der Waals surface area contributed by atoms with Crippen LogP contribution >= 0.6 is 0 Å². The van der Waals surface area contributed by atoms with Crippen molar-refractivity contribution in [3.8, 4) is 0 Å². The Kier molecular flexibility index (Phi) is 5.73. The molecule has 5 nitrogen and oxygen atoms in total. The van der Waals surface area contributed by atoms with Crippen molar-refractivity contribution in [1.82, 2.24) is 4.90 Å². The highest BCUT2D eigenvalue weighted by Gasteiger charge is 2.25. The number of aliphatic carboxylic acids is 1. The Bertz CT molecular complexity index is 218. The van der Waals surface area contributed by atoms with Gasteiger partial charge in [0.1, 0.15) is 0 Å². The summed E-state index contributed by atoms with van der Waals surface area (Å²) in [5.41, 5.74) is 0. The van der Waals surface area contributed by atoms with E-state index in [0.29, 0.717) is 6.54 Å². The van der Waals surface area contributed by atoms with Crippen molar-refractivity contribution in [3.05, 3.63) is 0 Å². The van der Waals surface area contributed by atoms with E-state index in [0.717, 1.165) is 32.4 Å². The van der Waals surface area contributed by atoms with Gasteiger partial charge in [-0.15, -0.1) is 0 Å². The first-order chi connectivity index (χ1) is 7.67. The third-order valence-corrected chi connectivity index (χ3v) is 3.06. The molecule has 5 heteroatoms. The van der Waals surface area contributed by atoms with Crippen LogP contribution in [0.5, 0.6) is 0 Å². The summed E-state index contributed by atoms with van der Waals surface area (Å²) in [5.74, 6) is -0.892. The van der Waals surface area contributed by atoms with Crippen LogP contribution in [0.2, 0.25) is 0 Å². The van der Waals surface area contributed by atoms with E-state index in [1.165, 1.54) is 0 Å². The number of ether oxygens (including phenoxy) is 2. The summed E-state index contributed by atoms with van der Waals surface area (Å²) in [6.45, 7) is 2.45. The molecule has 1 aliphatic rings. The first kappa shape index (κ1) is 13.4. The molecule has 1 N–H and O–H groups in total. The number of likely N-dealkylation sites (tertiary alicyclic amines) is 1. The van der Waals surface area contributed by atoms with Gasteiger partial charge in [0.2, 0.25) is 0 Å². The van der Waals surface area contributed by atoms with Crippen LogP contribution in [0.4, 0.5) is 0 Å². The predicted octanol–water partition coefficient (Wildman–Crippen LogP) is 0.792. The second-order valence-corrected chi connectivity index (χ2v) is 4.17. The molecule has 0 radical (unpaired) electrons. The molecule has 0 aliphatic carbocycles. The first-order valence-corrected chi connectivity index (χ1v) is 5.68. The lowest BCUT2D eigenvalue weighted by Gasteiger charge is -2.31. The van der Waals surface area contributed by atoms with Gasteiger partial charge in [0.15, 0.2) is 6.29 Å². The molecule has 0 saturated carbocycles. The van der Waals surface area contributed by atoms with Crippen molar-refractivity contribution < 1.29 is 19.4 Å². The van der Waals surface area contributed by atoms with Crippen molar-refractivity contribution in [2.45, 2.75) is 25.6 Å². The first-order valence-electron chi connectivity index (χ1n) is 5.68. The molecule has 1 atom stereocenters. The highest BCUT2D eigenvalue weighted by atomic mass is 16.7. The van der Waals surface area contributed by atoms with Gasteiger partial charge in [0, 0.05) is 33.7 Å². The average Bonchev–Trinajstić information content (AvgIpc) is 2.31. The number of methoxy groups -OCH3 is 2. The molecular weight excluding hydrogens is 210 g/mol. The van der Waals surface area contributed by atoms with E-state index in [4.69, 9.17) is 14.6 Å². The summed E-state index contributed by atoms with van der Waals surface area (Å²) in [4.78, 5) is 13.0. The minimum Gasteiger partial charge on any atom is -0.481 e. The quantitative estimate of drug-likeness (QED) is 0.685. The maximum atomic E-state index is 10.9. The SMILES string of the molecule is COC(CCN1CCCC(C(=O)O)C1)OC. The van der Waals surface area contributed by atoms with E-state index < -0.39 is 5.97 Å². The zero-order valence-corrected chi connectivity index (χ0v) is 10.0. The molecule has 0 spiro atoms. The fourth-order valence-electron chi connectivity index (χ4n) is 2.08. The zero-order valence-electron chi connectivity index (χ0n) is 10.0. The maximum absolute atomic E-state index is 10.9. The van der Waals surface area contributed by atoms with E-state index in [2.05, 4.69) is 4.90 Å². The smallest absolute Gasteiger partial charge is 0.307 e. The largest absolute Gasteiger partial charge is 0.481 e. The third kappa shape index (κ3) is 4.08. The lowest BCUT2D eigenvalue weighted by atomic mass is 9.98. The Morgan fingerprint density at radius 2 is 2.19 bits per heavy atom. The third-order valence-electron chi connectivity index (χ3n) is 3.06. The number of piperidine rings is 1. The Labute approximate surface area is 96.3 Å². The van der Waals surface area contributed by atoms with Crippen LogP contribution in [0.1, 0.15) is 19.3 Å². The van der Waals surface area contributed by atoms with Crippen molar-refractivity contribution in [2.75, 3.05) is 33.9 Å². The molecule has 0 aromatic rings. The molecule has 1 unspecified atom stereocenters. The van der Waals surface area contributed by atoms with Gasteiger partial charge in [-0.05, 0) is 19.4 Å². The number of hydrogen-bond donors (Lipinski definition) is 1. The normalized spacial score (nSPS) is 22.6. The Hall–Kier alpha value is -0.650. The molecular formula is C11H21NO4. The number of carboxylic acids is 1. The minimum atomic E-state index is -0.681. The monoisotopic (exact) mass is 231 g/mol. The molecule has 16 heavy (non-hydrogen) atoms. The van der Waals surface area contributed by atoms with Crippen LogP contribution in [-0.4, -0.2) is 56.1 Å². The van der Waals surface area contributed by atoms with Crippen molar-refractivity contribution in [1.29, 1.82) is 0 Å². The number of nitrogens with zero attached hydrogens (tertiary/aromatic N) is 1. The van der Waals surface area contributed by atoms with Gasteiger partial charge in [-0.2, -0.15) is 0 Å². The van der Waals surface area contributed by atoms with E-state index in [1.807, 2.05) is 0 Å². The van der Waals surface area contributed by atoms with E-state index in [9.17, 15) is 4.79 Å². The van der Waals surface area contributed by atoms with Gasteiger partial charge < -0.3 is 19.5 Å². The molecule has 0 aromatic heterocycles. The van der Waals surface area contributed by atoms with Gasteiger partial charge in [-0.1, -0.05) is 0 Å². The molecule has 94 valence electrons. The molecule has 1 rings (SSSR count). The number of carbonyl (C=O) groups is 1. The zero-order chi connectivity index (χ0) is 12.0. The van der Waals surface area contributed by atoms with Crippen molar-refractivity contribution in [3.63, 3.8) is 0 Å². The van der Waals surface area contributed by atoms with Crippen LogP contribution in [0.25, 0.3) is 0 Å². The van der Waals surface area contributed by atoms with Crippen LogP contribution < -0.4 is 0 Å². The maximum Gasteiger partial charge on any atom is 0.307 e. The van der Waals surface area contributed by atoms with Gasteiger partial charge in [0.25, 0.3) is 0 Å². The Morgan fingerprint density at radius 3 is 2.75 bits per heavy atom. The van der Waals surface area contributed by atoms with Crippen molar-refractivity contribution >= 4 is 5.97 Å². The summed E-state index contributed by atoms with van der Waals surface area (Å²) in [6.07, 6.45) is 2.34. The van der Waals surface area contributed by atoms with Crippen molar-refractivity contribution in [2.24, 2.45) is 5.92 Å². The summed E-state index contributed by atoms with van der Waals surface area (Å²) < 4.78 is 10.2. The number of carboxylic acid groups (broad SMARTS) is 1. The summed E-state index contributed by atoms with van der Waals surface area (Å²) >= 11 is 0. The van der Waals surface area contributed by atoms with E-state index >= 15 is 0 Å². The number of hydrogen-bond acceptors (Lipinski definition) is 4.